The number of methoxy groups -OCH3 is 1. The number of hydrogen-bond donors (Lipinski definition) is 2. The molecule has 1 aliphatic rings. The Balaban J connectivity index is 1.51. The molecule has 8 nitrogen and oxygen atoms in total. The smallest absolute Gasteiger partial charge is 0.244 e. The van der Waals surface area contributed by atoms with Crippen LogP contribution in [0.5, 0.6) is 5.75 Å². The summed E-state index contributed by atoms with van der Waals surface area (Å²) in [6.07, 6.45) is 0.391. The lowest BCUT2D eigenvalue weighted by atomic mass is 9.97. The van der Waals surface area contributed by atoms with Gasteiger partial charge < -0.3 is 20.4 Å². The molecular weight excluding hydrogens is 510 g/mol. The van der Waals surface area contributed by atoms with Crippen molar-refractivity contribution in [2.24, 2.45) is 10.9 Å². The van der Waals surface area contributed by atoms with Gasteiger partial charge in [-0.05, 0) is 70.3 Å². The maximum absolute atomic E-state index is 13.6. The molecular formula is C27H30ClN5O3S. The van der Waals surface area contributed by atoms with Crippen molar-refractivity contribution in [2.75, 3.05) is 46.2 Å². The standard InChI is InChI=1S/C27H30ClN5O3S/c1-32(2)31-25-15-33(16-26(34)30-23-6-4-5-18(13-23)19-9-10-37-17-19)27(35)21(14-29-25)11-20-12-22(28)7-8-24(20)36-3/h4-10,12-13,17,21H,11,14-16H2,1-3H3,(H,29,31)(H,30,34)/t21-/m1/s1. The van der Waals surface area contributed by atoms with Crippen LogP contribution in [0, 0.1) is 5.92 Å². The third-order valence-corrected chi connectivity index (χ3v) is 6.82. The van der Waals surface area contributed by atoms with E-state index in [9.17, 15) is 9.59 Å². The van der Waals surface area contributed by atoms with Gasteiger partial charge in [-0.2, -0.15) is 11.3 Å². The fourth-order valence-electron chi connectivity index (χ4n) is 4.23. The van der Waals surface area contributed by atoms with Crippen LogP contribution in [0.3, 0.4) is 0 Å². The van der Waals surface area contributed by atoms with Crippen LogP contribution < -0.4 is 15.5 Å². The summed E-state index contributed by atoms with van der Waals surface area (Å²) >= 11 is 7.83. The van der Waals surface area contributed by atoms with Crippen LogP contribution in [-0.4, -0.2) is 68.4 Å². The molecule has 1 aliphatic heterocycles. The van der Waals surface area contributed by atoms with E-state index in [1.807, 2.05) is 49.8 Å². The van der Waals surface area contributed by atoms with Crippen molar-refractivity contribution < 1.29 is 14.3 Å². The van der Waals surface area contributed by atoms with Crippen molar-refractivity contribution in [3.05, 3.63) is 69.9 Å². The van der Waals surface area contributed by atoms with E-state index < -0.39 is 5.92 Å². The molecule has 1 atom stereocenters. The van der Waals surface area contributed by atoms with Gasteiger partial charge in [-0.3, -0.25) is 14.6 Å². The zero-order valence-corrected chi connectivity index (χ0v) is 22.6. The summed E-state index contributed by atoms with van der Waals surface area (Å²) in [4.78, 5) is 32.9. The second-order valence-corrected chi connectivity index (χ2v) is 10.2. The molecule has 1 aromatic heterocycles. The molecule has 37 heavy (non-hydrogen) atoms. The van der Waals surface area contributed by atoms with Gasteiger partial charge in [0.2, 0.25) is 11.8 Å². The first-order valence-electron chi connectivity index (χ1n) is 11.8. The van der Waals surface area contributed by atoms with Gasteiger partial charge in [0.25, 0.3) is 0 Å². The average Bonchev–Trinajstić information content (AvgIpc) is 3.36. The molecule has 0 bridgehead atoms. The van der Waals surface area contributed by atoms with Gasteiger partial charge >= 0.3 is 0 Å². The van der Waals surface area contributed by atoms with Crippen molar-refractivity contribution >= 4 is 46.3 Å². The lowest BCUT2D eigenvalue weighted by Gasteiger charge is -2.25. The topological polar surface area (TPSA) is 86.3 Å². The Morgan fingerprint density at radius 2 is 2.05 bits per heavy atom. The van der Waals surface area contributed by atoms with E-state index in [1.165, 1.54) is 0 Å². The number of hydrazine groups is 1. The molecule has 2 amide bonds. The molecule has 194 valence electrons. The van der Waals surface area contributed by atoms with E-state index in [2.05, 4.69) is 21.1 Å². The molecule has 0 aliphatic carbocycles. The monoisotopic (exact) mass is 539 g/mol. The number of halogens is 1. The molecule has 0 spiro atoms. The van der Waals surface area contributed by atoms with Crippen molar-refractivity contribution in [2.45, 2.75) is 6.42 Å². The van der Waals surface area contributed by atoms with Gasteiger partial charge in [-0.25, -0.2) is 5.01 Å². The highest BCUT2D eigenvalue weighted by atomic mass is 35.5. The summed E-state index contributed by atoms with van der Waals surface area (Å²) < 4.78 is 5.47. The van der Waals surface area contributed by atoms with Crippen LogP contribution in [0.25, 0.3) is 11.1 Å². The second kappa shape index (κ2) is 12.2. The van der Waals surface area contributed by atoms with Gasteiger partial charge in [-0.1, -0.05) is 23.7 Å². The molecule has 4 rings (SSSR count). The van der Waals surface area contributed by atoms with E-state index in [1.54, 1.807) is 46.6 Å². The molecule has 10 heteroatoms. The normalized spacial score (nSPS) is 15.8. The Kier molecular flexibility index (Phi) is 8.81. The van der Waals surface area contributed by atoms with Crippen LogP contribution in [-0.2, 0) is 16.0 Å². The number of rotatable bonds is 8. The van der Waals surface area contributed by atoms with E-state index in [4.69, 9.17) is 16.3 Å². The summed E-state index contributed by atoms with van der Waals surface area (Å²) in [6.45, 7) is 0.382. The lowest BCUT2D eigenvalue weighted by molar-refractivity contribution is -0.137. The maximum Gasteiger partial charge on any atom is 0.244 e. The first kappa shape index (κ1) is 26.7. The summed E-state index contributed by atoms with van der Waals surface area (Å²) in [5, 5.41) is 9.34. The summed E-state index contributed by atoms with van der Waals surface area (Å²) in [6, 6.07) is 15.1. The predicted octanol–water partition coefficient (Wildman–Crippen LogP) is 4.18. The minimum atomic E-state index is -0.469. The first-order valence-corrected chi connectivity index (χ1v) is 13.2. The molecule has 2 N–H and O–H groups in total. The van der Waals surface area contributed by atoms with Crippen molar-refractivity contribution in [1.29, 1.82) is 0 Å². The number of nitrogens with one attached hydrogen (secondary N) is 2. The SMILES string of the molecule is COc1ccc(Cl)cc1C[C@@H]1CN=C(NN(C)C)CN(CC(=O)Nc2cccc(-c3ccsc3)c2)C1=O. The lowest BCUT2D eigenvalue weighted by Crippen LogP contribution is -2.47. The number of carbonyl (C=O) groups excluding carboxylic acids is 2. The van der Waals surface area contributed by atoms with Gasteiger partial charge in [0, 0.05) is 24.8 Å². The van der Waals surface area contributed by atoms with Gasteiger partial charge in [0.15, 0.2) is 0 Å². The fraction of sp³-hybridized carbons (Fsp3) is 0.296. The Bertz CT molecular complexity index is 1280. The Hall–Kier alpha value is -3.40. The predicted molar refractivity (Wildman–Crippen MR) is 149 cm³/mol. The van der Waals surface area contributed by atoms with Crippen LogP contribution in [0.15, 0.2) is 64.3 Å². The zero-order valence-electron chi connectivity index (χ0n) is 21.0. The van der Waals surface area contributed by atoms with Crippen LogP contribution in [0.2, 0.25) is 5.02 Å². The third kappa shape index (κ3) is 7.09. The Labute approximate surface area is 225 Å². The molecule has 0 unspecified atom stereocenters. The highest BCUT2D eigenvalue weighted by Crippen LogP contribution is 2.27. The third-order valence-electron chi connectivity index (χ3n) is 5.90. The number of amides is 2. The number of aliphatic imine (C=N–C) groups is 1. The number of anilines is 1. The van der Waals surface area contributed by atoms with Gasteiger partial charge in [0.05, 0.1) is 26.1 Å². The van der Waals surface area contributed by atoms with Gasteiger partial charge in [0.1, 0.15) is 18.1 Å². The number of carbonyl (C=O) groups is 2. The first-order chi connectivity index (χ1) is 17.8. The number of nitrogens with zero attached hydrogens (tertiary/aromatic N) is 3. The highest BCUT2D eigenvalue weighted by Gasteiger charge is 2.31. The van der Waals surface area contributed by atoms with E-state index in [0.29, 0.717) is 28.7 Å². The molecule has 0 saturated carbocycles. The van der Waals surface area contributed by atoms with E-state index in [0.717, 1.165) is 16.7 Å². The van der Waals surface area contributed by atoms with E-state index in [-0.39, 0.29) is 31.4 Å². The maximum atomic E-state index is 13.6. The minimum absolute atomic E-state index is 0.0984. The quantitative estimate of drug-likeness (QED) is 0.419. The Morgan fingerprint density at radius 1 is 1.22 bits per heavy atom. The number of hydrogen-bond acceptors (Lipinski definition) is 7. The molecule has 0 radical (unpaired) electrons. The molecule has 2 heterocycles. The van der Waals surface area contributed by atoms with Crippen LogP contribution in [0.4, 0.5) is 5.69 Å². The van der Waals surface area contributed by atoms with E-state index >= 15 is 0 Å². The van der Waals surface area contributed by atoms with Crippen molar-refractivity contribution in [3.63, 3.8) is 0 Å². The Morgan fingerprint density at radius 3 is 2.78 bits per heavy atom. The van der Waals surface area contributed by atoms with Crippen LogP contribution in [0.1, 0.15) is 5.56 Å². The summed E-state index contributed by atoms with van der Waals surface area (Å²) in [7, 11) is 5.28. The fourth-order valence-corrected chi connectivity index (χ4v) is 5.09. The van der Waals surface area contributed by atoms with Crippen molar-refractivity contribution in [3.8, 4) is 16.9 Å². The van der Waals surface area contributed by atoms with Crippen molar-refractivity contribution in [1.82, 2.24) is 15.3 Å². The molecule has 2 aromatic carbocycles. The number of thiophene rings is 1. The van der Waals surface area contributed by atoms with Crippen LogP contribution >= 0.6 is 22.9 Å². The second-order valence-electron chi connectivity index (χ2n) is 8.99. The highest BCUT2D eigenvalue weighted by molar-refractivity contribution is 7.08. The molecule has 0 fully saturated rings. The number of ether oxygens (including phenoxy) is 1. The summed E-state index contributed by atoms with van der Waals surface area (Å²) in [5.74, 6) is 0.381. The molecule has 0 saturated heterocycles. The summed E-state index contributed by atoms with van der Waals surface area (Å²) in [5.41, 5.74) is 6.76. The molecule has 3 aromatic rings. The number of benzene rings is 2. The minimum Gasteiger partial charge on any atom is -0.496 e. The largest absolute Gasteiger partial charge is 0.496 e. The number of amidine groups is 1. The average molecular weight is 540 g/mol. The zero-order chi connectivity index (χ0) is 26.4. The van der Waals surface area contributed by atoms with Gasteiger partial charge in [-0.15, -0.1) is 0 Å².